The number of hydrogen-bond acceptors (Lipinski definition) is 4. The molecule has 0 N–H and O–H groups in total. The van der Waals surface area contributed by atoms with E-state index in [1.54, 1.807) is 18.9 Å². The SMILES string of the molecule is COc1cccc(OC)c1-c1cn(-c2ccc(C)cc2)nn1. The summed E-state index contributed by atoms with van der Waals surface area (Å²) in [7, 11) is 3.26. The van der Waals surface area contributed by atoms with E-state index in [4.69, 9.17) is 9.47 Å². The lowest BCUT2D eigenvalue weighted by Crippen LogP contribution is -1.94. The van der Waals surface area contributed by atoms with Crippen LogP contribution in [0.1, 0.15) is 5.56 Å². The number of aromatic nitrogens is 3. The van der Waals surface area contributed by atoms with Crippen LogP contribution < -0.4 is 9.47 Å². The van der Waals surface area contributed by atoms with Gasteiger partial charge in [-0.15, -0.1) is 5.10 Å². The normalized spacial score (nSPS) is 10.5. The van der Waals surface area contributed by atoms with Gasteiger partial charge in [-0.2, -0.15) is 0 Å². The summed E-state index contributed by atoms with van der Waals surface area (Å²) in [5.41, 5.74) is 3.66. The Labute approximate surface area is 129 Å². The van der Waals surface area contributed by atoms with E-state index < -0.39 is 0 Å². The molecule has 0 aliphatic carbocycles. The Morgan fingerprint density at radius 1 is 0.909 bits per heavy atom. The van der Waals surface area contributed by atoms with E-state index in [0.29, 0.717) is 17.2 Å². The van der Waals surface area contributed by atoms with Crippen molar-refractivity contribution in [1.82, 2.24) is 15.0 Å². The topological polar surface area (TPSA) is 49.2 Å². The third-order valence-corrected chi connectivity index (χ3v) is 3.48. The molecule has 3 aromatic rings. The maximum absolute atomic E-state index is 5.42. The Balaban J connectivity index is 2.06. The van der Waals surface area contributed by atoms with Crippen LogP contribution in [0.3, 0.4) is 0 Å². The minimum Gasteiger partial charge on any atom is -0.496 e. The molecule has 0 unspecified atom stereocenters. The molecule has 0 saturated heterocycles. The van der Waals surface area contributed by atoms with Gasteiger partial charge in [-0.25, -0.2) is 4.68 Å². The molecular weight excluding hydrogens is 278 g/mol. The molecule has 0 bridgehead atoms. The summed E-state index contributed by atoms with van der Waals surface area (Å²) in [5, 5.41) is 8.45. The molecule has 0 aliphatic rings. The molecule has 2 aromatic carbocycles. The lowest BCUT2D eigenvalue weighted by Gasteiger charge is -2.10. The number of nitrogens with zero attached hydrogens (tertiary/aromatic N) is 3. The van der Waals surface area contributed by atoms with E-state index in [1.165, 1.54) is 5.56 Å². The van der Waals surface area contributed by atoms with Crippen LogP contribution in [0.2, 0.25) is 0 Å². The molecule has 0 aliphatic heterocycles. The average Bonchev–Trinajstić information content (AvgIpc) is 3.04. The summed E-state index contributed by atoms with van der Waals surface area (Å²) in [6.07, 6.45) is 1.87. The molecule has 22 heavy (non-hydrogen) atoms. The lowest BCUT2D eigenvalue weighted by atomic mass is 10.1. The Hall–Kier alpha value is -2.82. The first-order chi connectivity index (χ1) is 10.7. The van der Waals surface area contributed by atoms with Crippen LogP contribution in [0.5, 0.6) is 11.5 Å². The van der Waals surface area contributed by atoms with E-state index in [0.717, 1.165) is 11.3 Å². The molecule has 1 aromatic heterocycles. The Morgan fingerprint density at radius 2 is 1.55 bits per heavy atom. The van der Waals surface area contributed by atoms with E-state index in [9.17, 15) is 0 Å². The van der Waals surface area contributed by atoms with Crippen molar-refractivity contribution in [3.05, 3.63) is 54.2 Å². The minimum atomic E-state index is 0.704. The summed E-state index contributed by atoms with van der Waals surface area (Å²) in [6, 6.07) is 13.7. The van der Waals surface area contributed by atoms with Gasteiger partial charge in [0.25, 0.3) is 0 Å². The van der Waals surface area contributed by atoms with Crippen LogP contribution in [0.25, 0.3) is 16.9 Å². The molecule has 0 fully saturated rings. The monoisotopic (exact) mass is 295 g/mol. The third kappa shape index (κ3) is 2.53. The zero-order valence-electron chi connectivity index (χ0n) is 12.8. The van der Waals surface area contributed by atoms with Crippen LogP contribution in [0.15, 0.2) is 48.7 Å². The number of ether oxygens (including phenoxy) is 2. The maximum atomic E-state index is 5.42. The van der Waals surface area contributed by atoms with Crippen LogP contribution in [0.4, 0.5) is 0 Å². The summed E-state index contributed by atoms with van der Waals surface area (Å²) < 4.78 is 12.6. The van der Waals surface area contributed by atoms with Crippen molar-refractivity contribution in [3.63, 3.8) is 0 Å². The van der Waals surface area contributed by atoms with Crippen molar-refractivity contribution in [2.45, 2.75) is 6.92 Å². The van der Waals surface area contributed by atoms with Crippen molar-refractivity contribution in [1.29, 1.82) is 0 Å². The highest BCUT2D eigenvalue weighted by Crippen LogP contribution is 2.37. The van der Waals surface area contributed by atoms with Gasteiger partial charge in [-0.1, -0.05) is 29.0 Å². The highest BCUT2D eigenvalue weighted by atomic mass is 16.5. The molecule has 1 heterocycles. The van der Waals surface area contributed by atoms with Crippen molar-refractivity contribution < 1.29 is 9.47 Å². The number of hydrogen-bond donors (Lipinski definition) is 0. The van der Waals surface area contributed by atoms with Gasteiger partial charge in [-0.3, -0.25) is 0 Å². The van der Waals surface area contributed by atoms with Gasteiger partial charge in [0.2, 0.25) is 0 Å². The summed E-state index contributed by atoms with van der Waals surface area (Å²) in [6.45, 7) is 2.05. The molecule has 0 amide bonds. The molecule has 0 spiro atoms. The largest absolute Gasteiger partial charge is 0.496 e. The highest BCUT2D eigenvalue weighted by molar-refractivity contribution is 5.73. The molecule has 3 rings (SSSR count). The van der Waals surface area contributed by atoms with Crippen molar-refractivity contribution in [2.75, 3.05) is 14.2 Å². The number of aryl methyl sites for hydroxylation is 1. The smallest absolute Gasteiger partial charge is 0.132 e. The predicted molar refractivity (Wildman–Crippen MR) is 84.6 cm³/mol. The quantitative estimate of drug-likeness (QED) is 0.741. The predicted octanol–water partition coefficient (Wildman–Crippen LogP) is 3.26. The first kappa shape index (κ1) is 14.1. The van der Waals surface area contributed by atoms with E-state index in [1.807, 2.05) is 48.7 Å². The average molecular weight is 295 g/mol. The van der Waals surface area contributed by atoms with Gasteiger partial charge in [0.15, 0.2) is 0 Å². The standard InChI is InChI=1S/C17H17N3O2/c1-12-7-9-13(10-8-12)20-11-14(18-19-20)17-15(21-2)5-4-6-16(17)22-3/h4-11H,1-3H3. The first-order valence-electron chi connectivity index (χ1n) is 6.93. The van der Waals surface area contributed by atoms with E-state index in [2.05, 4.69) is 17.2 Å². The molecule has 0 atom stereocenters. The van der Waals surface area contributed by atoms with E-state index >= 15 is 0 Å². The second-order valence-electron chi connectivity index (χ2n) is 4.92. The van der Waals surface area contributed by atoms with Gasteiger partial charge in [-0.05, 0) is 31.2 Å². The van der Waals surface area contributed by atoms with Gasteiger partial charge in [0.1, 0.15) is 17.2 Å². The fourth-order valence-corrected chi connectivity index (χ4v) is 2.31. The van der Waals surface area contributed by atoms with Gasteiger partial charge < -0.3 is 9.47 Å². The number of rotatable bonds is 4. The maximum Gasteiger partial charge on any atom is 0.132 e. The second-order valence-corrected chi connectivity index (χ2v) is 4.92. The number of methoxy groups -OCH3 is 2. The van der Waals surface area contributed by atoms with Crippen molar-refractivity contribution >= 4 is 0 Å². The molecule has 0 saturated carbocycles. The minimum absolute atomic E-state index is 0.704. The molecule has 5 heteroatoms. The Kier molecular flexibility index (Phi) is 3.78. The summed E-state index contributed by atoms with van der Waals surface area (Å²) in [4.78, 5) is 0. The molecule has 5 nitrogen and oxygen atoms in total. The van der Waals surface area contributed by atoms with E-state index in [-0.39, 0.29) is 0 Å². The van der Waals surface area contributed by atoms with Gasteiger partial charge in [0.05, 0.1) is 31.7 Å². The first-order valence-corrected chi connectivity index (χ1v) is 6.93. The molecular formula is C17H17N3O2. The Bertz CT molecular complexity index is 757. The summed E-state index contributed by atoms with van der Waals surface area (Å²) >= 11 is 0. The zero-order chi connectivity index (χ0) is 15.5. The molecule has 0 radical (unpaired) electrons. The zero-order valence-corrected chi connectivity index (χ0v) is 12.8. The third-order valence-electron chi connectivity index (χ3n) is 3.48. The van der Waals surface area contributed by atoms with Crippen LogP contribution in [-0.2, 0) is 0 Å². The fourth-order valence-electron chi connectivity index (χ4n) is 2.31. The van der Waals surface area contributed by atoms with Crippen LogP contribution in [-0.4, -0.2) is 29.2 Å². The lowest BCUT2D eigenvalue weighted by molar-refractivity contribution is 0.397. The van der Waals surface area contributed by atoms with Crippen molar-refractivity contribution in [3.8, 4) is 28.4 Å². The highest BCUT2D eigenvalue weighted by Gasteiger charge is 2.16. The Morgan fingerprint density at radius 3 is 2.14 bits per heavy atom. The second kappa shape index (κ2) is 5.89. The fraction of sp³-hybridized carbons (Fsp3) is 0.176. The van der Waals surface area contributed by atoms with Crippen LogP contribution in [0, 0.1) is 6.92 Å². The molecule has 112 valence electrons. The number of benzene rings is 2. The van der Waals surface area contributed by atoms with Crippen molar-refractivity contribution in [2.24, 2.45) is 0 Å². The van der Waals surface area contributed by atoms with Gasteiger partial charge in [0, 0.05) is 0 Å². The van der Waals surface area contributed by atoms with Gasteiger partial charge >= 0.3 is 0 Å². The summed E-state index contributed by atoms with van der Waals surface area (Å²) in [5.74, 6) is 1.41. The van der Waals surface area contributed by atoms with Crippen LogP contribution >= 0.6 is 0 Å².